The van der Waals surface area contributed by atoms with Crippen LogP contribution in [0.5, 0.6) is 0 Å². The van der Waals surface area contributed by atoms with Crippen LogP contribution in [-0.4, -0.2) is 16.0 Å². The van der Waals surface area contributed by atoms with Crippen molar-refractivity contribution in [2.24, 2.45) is 5.92 Å². The van der Waals surface area contributed by atoms with Gasteiger partial charge in [0.25, 0.3) is 0 Å². The summed E-state index contributed by atoms with van der Waals surface area (Å²) in [6.07, 6.45) is 0. The highest BCUT2D eigenvalue weighted by atomic mass is 35.5. The molecule has 0 aromatic rings. The van der Waals surface area contributed by atoms with E-state index >= 15 is 0 Å². The molecule has 0 aliphatic rings. The highest BCUT2D eigenvalue weighted by molar-refractivity contribution is 6.58. The first-order chi connectivity index (χ1) is 4.42. The number of ketones is 1. The molecule has 0 aromatic heterocycles. The highest BCUT2D eigenvalue weighted by Crippen LogP contribution is 2.31. The van der Waals surface area contributed by atoms with Crippen LogP contribution in [0.25, 0.3) is 0 Å². The highest BCUT2D eigenvalue weighted by Gasteiger charge is 2.35. The van der Waals surface area contributed by atoms with Gasteiger partial charge in [0.05, 0.1) is 0 Å². The molecule has 0 spiro atoms. The number of Topliss-reactive ketones (excluding diaryl/α,β-unsaturated/α-hetero) is 1. The molecule has 0 radical (unpaired) electrons. The zero-order chi connectivity index (χ0) is 8.36. The van der Waals surface area contributed by atoms with Gasteiger partial charge in [-0.05, 0) is 6.92 Å². The smallest absolute Gasteiger partial charge is 0.179 e. The van der Waals surface area contributed by atoms with Crippen LogP contribution in [-0.2, 0) is 4.79 Å². The fraction of sp³-hybridized carbons (Fsp3) is 0.833. The maximum Gasteiger partial charge on any atom is 0.179 e. The molecule has 1 atom stereocenters. The summed E-state index contributed by atoms with van der Waals surface area (Å²) in [6, 6.07) is 0. The number of hydrogen-bond acceptors (Lipinski definition) is 1. The maximum absolute atomic E-state index is 10.7. The van der Waals surface area contributed by atoms with Crippen molar-refractivity contribution in [1.29, 1.82) is 0 Å². The van der Waals surface area contributed by atoms with E-state index in [9.17, 15) is 4.79 Å². The van der Waals surface area contributed by atoms with Crippen LogP contribution in [0, 0.1) is 5.92 Å². The average Bonchev–Trinajstić information content (AvgIpc) is 1.86. The molecule has 1 nitrogen and oxygen atoms in total. The van der Waals surface area contributed by atoms with Crippen molar-refractivity contribution in [2.45, 2.75) is 18.2 Å². The number of rotatable bonds is 3. The van der Waals surface area contributed by atoms with Crippen molar-refractivity contribution in [1.82, 2.24) is 0 Å². The molecular weight excluding hydrogens is 194 g/mol. The first-order valence-corrected chi connectivity index (χ1v) is 4.16. The van der Waals surface area contributed by atoms with Gasteiger partial charge in [-0.2, -0.15) is 0 Å². The molecule has 0 aliphatic carbocycles. The summed E-state index contributed by atoms with van der Waals surface area (Å²) < 4.78 is -1.32. The molecule has 0 heterocycles. The molecule has 0 aromatic carbocycles. The van der Waals surface area contributed by atoms with E-state index in [2.05, 4.69) is 0 Å². The average molecular weight is 203 g/mol. The molecule has 60 valence electrons. The van der Waals surface area contributed by atoms with E-state index in [4.69, 9.17) is 34.8 Å². The summed E-state index contributed by atoms with van der Waals surface area (Å²) in [4.78, 5) is 10.7. The minimum Gasteiger partial charge on any atom is -0.297 e. The summed E-state index contributed by atoms with van der Waals surface area (Å²) in [7, 11) is 0. The quantitative estimate of drug-likeness (QED) is 0.645. The van der Waals surface area contributed by atoms with Gasteiger partial charge in [0.2, 0.25) is 0 Å². The Hall–Kier alpha value is 0.540. The molecule has 0 fully saturated rings. The second-order valence-corrected chi connectivity index (χ2v) is 3.93. The normalized spacial score (nSPS) is 14.9. The molecule has 0 amide bonds. The maximum atomic E-state index is 10.7. The fourth-order valence-electron chi connectivity index (χ4n) is 0.444. The number of halogens is 3. The van der Waals surface area contributed by atoms with E-state index < -0.39 is 4.33 Å². The van der Waals surface area contributed by atoms with Gasteiger partial charge in [-0.15, -0.1) is 11.6 Å². The Labute approximate surface area is 75.6 Å². The van der Waals surface area contributed by atoms with E-state index in [0.717, 1.165) is 0 Å². The first-order valence-electron chi connectivity index (χ1n) is 2.87. The SMILES string of the molecule is CC(=O)C(Cl)(Cl)C(C)CCl. The molecule has 1 unspecified atom stereocenters. The standard InChI is InChI=1S/C6H9Cl3O/c1-4(3-7)6(8,9)5(2)10/h4H,3H2,1-2H3. The van der Waals surface area contributed by atoms with Crippen molar-refractivity contribution in [3.05, 3.63) is 0 Å². The van der Waals surface area contributed by atoms with E-state index in [-0.39, 0.29) is 17.6 Å². The zero-order valence-electron chi connectivity index (χ0n) is 5.83. The Kier molecular flexibility index (Phi) is 4.00. The van der Waals surface area contributed by atoms with Crippen LogP contribution < -0.4 is 0 Å². The Balaban J connectivity index is 4.23. The Morgan fingerprint density at radius 2 is 2.00 bits per heavy atom. The lowest BCUT2D eigenvalue weighted by Crippen LogP contribution is -2.32. The minimum atomic E-state index is -1.32. The third-order valence-electron chi connectivity index (χ3n) is 1.32. The van der Waals surface area contributed by atoms with Crippen LogP contribution in [0.2, 0.25) is 0 Å². The van der Waals surface area contributed by atoms with Crippen LogP contribution in [0.3, 0.4) is 0 Å². The van der Waals surface area contributed by atoms with E-state index in [1.54, 1.807) is 6.92 Å². The van der Waals surface area contributed by atoms with Gasteiger partial charge < -0.3 is 0 Å². The zero-order valence-corrected chi connectivity index (χ0v) is 8.09. The minimum absolute atomic E-state index is 0.213. The second-order valence-electron chi connectivity index (χ2n) is 2.23. The monoisotopic (exact) mass is 202 g/mol. The first kappa shape index (κ1) is 10.5. The van der Waals surface area contributed by atoms with Crippen molar-refractivity contribution in [2.75, 3.05) is 5.88 Å². The summed E-state index contributed by atoms with van der Waals surface area (Å²) in [5, 5.41) is 0. The third kappa shape index (κ3) is 2.30. The Morgan fingerprint density at radius 1 is 1.60 bits per heavy atom. The van der Waals surface area contributed by atoms with Crippen molar-refractivity contribution < 1.29 is 4.79 Å². The lowest BCUT2D eigenvalue weighted by Gasteiger charge is -2.21. The molecule has 0 N–H and O–H groups in total. The van der Waals surface area contributed by atoms with Gasteiger partial charge >= 0.3 is 0 Å². The van der Waals surface area contributed by atoms with Crippen LogP contribution >= 0.6 is 34.8 Å². The Morgan fingerprint density at radius 3 is 2.10 bits per heavy atom. The van der Waals surface area contributed by atoms with E-state index in [0.29, 0.717) is 0 Å². The summed E-state index contributed by atoms with van der Waals surface area (Å²) in [6.45, 7) is 3.08. The van der Waals surface area contributed by atoms with Gasteiger partial charge in [-0.3, -0.25) is 4.79 Å². The summed E-state index contributed by atoms with van der Waals surface area (Å²) >= 11 is 16.8. The molecular formula is C6H9Cl3O. The molecule has 10 heavy (non-hydrogen) atoms. The molecule has 0 bridgehead atoms. The molecule has 0 aliphatic heterocycles. The van der Waals surface area contributed by atoms with Gasteiger partial charge in [-0.1, -0.05) is 30.1 Å². The number of carbonyl (C=O) groups excluding carboxylic acids is 1. The lowest BCUT2D eigenvalue weighted by atomic mass is 10.1. The number of carbonyl (C=O) groups is 1. The largest absolute Gasteiger partial charge is 0.297 e. The van der Waals surface area contributed by atoms with Crippen LogP contribution in [0.4, 0.5) is 0 Å². The van der Waals surface area contributed by atoms with Gasteiger partial charge in [0.1, 0.15) is 0 Å². The molecule has 0 saturated carbocycles. The number of hydrogen-bond donors (Lipinski definition) is 0. The Bertz CT molecular complexity index is 133. The molecule has 0 saturated heterocycles. The van der Waals surface area contributed by atoms with E-state index in [1.165, 1.54) is 6.92 Å². The third-order valence-corrected chi connectivity index (χ3v) is 3.06. The molecule has 0 rings (SSSR count). The van der Waals surface area contributed by atoms with Gasteiger partial charge in [0, 0.05) is 11.8 Å². The lowest BCUT2D eigenvalue weighted by molar-refractivity contribution is -0.118. The van der Waals surface area contributed by atoms with Crippen LogP contribution in [0.15, 0.2) is 0 Å². The van der Waals surface area contributed by atoms with Crippen molar-refractivity contribution in [3.8, 4) is 0 Å². The predicted octanol–water partition coefficient (Wildman–Crippen LogP) is 2.62. The van der Waals surface area contributed by atoms with Gasteiger partial charge in [0.15, 0.2) is 10.1 Å². The van der Waals surface area contributed by atoms with Crippen molar-refractivity contribution in [3.63, 3.8) is 0 Å². The van der Waals surface area contributed by atoms with Crippen LogP contribution in [0.1, 0.15) is 13.8 Å². The van der Waals surface area contributed by atoms with E-state index in [1.807, 2.05) is 0 Å². The fourth-order valence-corrected chi connectivity index (χ4v) is 0.988. The predicted molar refractivity (Wildman–Crippen MR) is 45.0 cm³/mol. The summed E-state index contributed by atoms with van der Waals surface area (Å²) in [5.41, 5.74) is 0. The van der Waals surface area contributed by atoms with Crippen molar-refractivity contribution >= 4 is 40.6 Å². The molecule has 4 heteroatoms. The second kappa shape index (κ2) is 3.80. The number of alkyl halides is 3. The van der Waals surface area contributed by atoms with Gasteiger partial charge in [-0.25, -0.2) is 0 Å². The summed E-state index contributed by atoms with van der Waals surface area (Å²) in [5.74, 6) is -0.189. The topological polar surface area (TPSA) is 17.1 Å².